The molecule has 2 aromatic heterocycles. The fourth-order valence-corrected chi connectivity index (χ4v) is 4.13. The maximum atomic E-state index is 10.6. The van der Waals surface area contributed by atoms with Gasteiger partial charge < -0.3 is 34.7 Å². The van der Waals surface area contributed by atoms with Crippen LogP contribution in [0.4, 0.5) is 11.5 Å². The van der Waals surface area contributed by atoms with Gasteiger partial charge in [-0.15, -0.1) is 0 Å². The number of rotatable bonds is 6. The Hall–Kier alpha value is -3.50. The number of methoxy groups -OCH3 is 1. The average molecular weight is 448 g/mol. The molecule has 0 amide bonds. The van der Waals surface area contributed by atoms with Gasteiger partial charge in [-0.1, -0.05) is 30.3 Å². The van der Waals surface area contributed by atoms with Crippen LogP contribution in [0.3, 0.4) is 0 Å². The fraction of sp³-hybridized carbons (Fsp3) is 0.250. The Balaban J connectivity index is 1.65. The number of hydrogen-bond acceptors (Lipinski definition) is 8. The van der Waals surface area contributed by atoms with Gasteiger partial charge in [-0.05, 0) is 29.8 Å². The molecule has 1 aliphatic heterocycles. The van der Waals surface area contributed by atoms with Crippen molar-refractivity contribution in [2.24, 2.45) is 0 Å². The van der Waals surface area contributed by atoms with Crippen molar-refractivity contribution in [1.82, 2.24) is 14.5 Å². The van der Waals surface area contributed by atoms with E-state index in [0.29, 0.717) is 11.5 Å². The number of nitrogens with zero attached hydrogens (tertiary/aromatic N) is 3. The summed E-state index contributed by atoms with van der Waals surface area (Å²) in [6, 6.07) is 17.2. The van der Waals surface area contributed by atoms with E-state index in [1.54, 1.807) is 11.7 Å². The van der Waals surface area contributed by atoms with Gasteiger partial charge in [0.05, 0.1) is 19.1 Å². The molecular formula is C24H24N4O5. The molecule has 4 atom stereocenters. The summed E-state index contributed by atoms with van der Waals surface area (Å²) in [6.07, 6.45) is -0.984. The number of aliphatic hydroxyl groups excluding tert-OH is 3. The third-order valence-corrected chi connectivity index (χ3v) is 5.84. The molecule has 9 nitrogen and oxygen atoms in total. The van der Waals surface area contributed by atoms with Crippen LogP contribution in [0.5, 0.6) is 5.75 Å². The Morgan fingerprint density at radius 2 is 1.79 bits per heavy atom. The molecule has 0 saturated carbocycles. The number of nitrogens with one attached hydrogen (secondary N) is 1. The molecular weight excluding hydrogens is 424 g/mol. The Labute approximate surface area is 189 Å². The van der Waals surface area contributed by atoms with Gasteiger partial charge in [0.25, 0.3) is 0 Å². The Bertz CT molecular complexity index is 1250. The molecule has 0 spiro atoms. The van der Waals surface area contributed by atoms with E-state index in [4.69, 9.17) is 9.47 Å². The maximum absolute atomic E-state index is 10.6. The topological polar surface area (TPSA) is 122 Å². The number of anilines is 2. The summed E-state index contributed by atoms with van der Waals surface area (Å²) >= 11 is 0. The van der Waals surface area contributed by atoms with Crippen molar-refractivity contribution >= 4 is 22.5 Å². The summed E-state index contributed by atoms with van der Waals surface area (Å²) in [7, 11) is 1.61. The third-order valence-electron chi connectivity index (χ3n) is 5.84. The molecule has 4 N–H and O–H groups in total. The minimum Gasteiger partial charge on any atom is -0.497 e. The summed E-state index contributed by atoms with van der Waals surface area (Å²) in [5.74, 6) is 1.32. The molecule has 2 aromatic carbocycles. The number of hydrogen-bond donors (Lipinski definition) is 4. The summed E-state index contributed by atoms with van der Waals surface area (Å²) < 4.78 is 12.7. The van der Waals surface area contributed by atoms with Gasteiger partial charge in [0.1, 0.15) is 41.9 Å². The number of aliphatic hydroxyl groups is 3. The number of ether oxygens (including phenoxy) is 2. The first-order chi connectivity index (χ1) is 16.1. The second kappa shape index (κ2) is 8.80. The maximum Gasteiger partial charge on any atom is 0.164 e. The zero-order valence-electron chi connectivity index (χ0n) is 17.9. The van der Waals surface area contributed by atoms with Gasteiger partial charge in [0.15, 0.2) is 6.23 Å². The quantitative estimate of drug-likeness (QED) is 0.355. The van der Waals surface area contributed by atoms with Crippen LogP contribution in [0.15, 0.2) is 67.1 Å². The van der Waals surface area contributed by atoms with Crippen LogP contribution in [0.25, 0.3) is 22.2 Å². The lowest BCUT2D eigenvalue weighted by Gasteiger charge is -2.17. The van der Waals surface area contributed by atoms with E-state index in [1.807, 2.05) is 60.8 Å². The molecule has 0 aliphatic carbocycles. The van der Waals surface area contributed by atoms with Gasteiger partial charge in [0, 0.05) is 17.4 Å². The van der Waals surface area contributed by atoms with E-state index < -0.39 is 31.1 Å². The Kier molecular flexibility index (Phi) is 5.69. The zero-order valence-corrected chi connectivity index (χ0v) is 17.9. The Morgan fingerprint density at radius 3 is 2.45 bits per heavy atom. The zero-order chi connectivity index (χ0) is 22.9. The first kappa shape index (κ1) is 21.4. The second-order valence-corrected chi connectivity index (χ2v) is 7.82. The van der Waals surface area contributed by atoms with Crippen LogP contribution in [-0.4, -0.2) is 61.9 Å². The molecule has 1 aliphatic rings. The van der Waals surface area contributed by atoms with Crippen molar-refractivity contribution in [3.63, 3.8) is 0 Å². The van der Waals surface area contributed by atoms with Gasteiger partial charge in [-0.25, -0.2) is 9.97 Å². The van der Waals surface area contributed by atoms with Crippen LogP contribution in [0.2, 0.25) is 0 Å². The van der Waals surface area contributed by atoms with Gasteiger partial charge >= 0.3 is 0 Å². The van der Waals surface area contributed by atoms with Crippen molar-refractivity contribution in [1.29, 1.82) is 0 Å². The lowest BCUT2D eigenvalue weighted by Crippen LogP contribution is -2.33. The summed E-state index contributed by atoms with van der Waals surface area (Å²) in [5.41, 5.74) is 3.10. The van der Waals surface area contributed by atoms with E-state index >= 15 is 0 Å². The SMILES string of the molecule is COc1ccc(Nc2ncnc3c2c(-c2ccccc2)cn3[C@@H]2O[C@H](CO)[C@H](O)[C@@H]2O)cc1. The molecule has 33 heavy (non-hydrogen) atoms. The van der Waals surface area contributed by atoms with Gasteiger partial charge in [0.2, 0.25) is 0 Å². The summed E-state index contributed by atoms with van der Waals surface area (Å²) in [6.45, 7) is -0.404. The van der Waals surface area contributed by atoms with E-state index in [2.05, 4.69) is 15.3 Å². The van der Waals surface area contributed by atoms with E-state index in [0.717, 1.165) is 28.0 Å². The number of fused-ring (bicyclic) bond motifs is 1. The summed E-state index contributed by atoms with van der Waals surface area (Å²) in [4.78, 5) is 8.94. The fourth-order valence-electron chi connectivity index (χ4n) is 4.13. The van der Waals surface area contributed by atoms with Crippen molar-refractivity contribution in [2.45, 2.75) is 24.5 Å². The lowest BCUT2D eigenvalue weighted by atomic mass is 10.1. The van der Waals surface area contributed by atoms with Crippen LogP contribution in [0.1, 0.15) is 6.23 Å². The highest BCUT2D eigenvalue weighted by Crippen LogP contribution is 2.39. The van der Waals surface area contributed by atoms with Crippen LogP contribution >= 0.6 is 0 Å². The van der Waals surface area contributed by atoms with Crippen molar-refractivity contribution in [2.75, 3.05) is 19.0 Å². The predicted molar refractivity (Wildman–Crippen MR) is 122 cm³/mol. The normalized spacial score (nSPS) is 22.5. The predicted octanol–water partition coefficient (Wildman–Crippen LogP) is 2.46. The highest BCUT2D eigenvalue weighted by atomic mass is 16.6. The van der Waals surface area contributed by atoms with Crippen molar-refractivity contribution in [3.05, 3.63) is 67.1 Å². The van der Waals surface area contributed by atoms with Crippen molar-refractivity contribution < 1.29 is 24.8 Å². The van der Waals surface area contributed by atoms with Crippen LogP contribution in [-0.2, 0) is 4.74 Å². The molecule has 0 bridgehead atoms. The highest BCUT2D eigenvalue weighted by Gasteiger charge is 2.44. The molecule has 5 rings (SSSR count). The molecule has 0 radical (unpaired) electrons. The van der Waals surface area contributed by atoms with E-state index in [-0.39, 0.29) is 0 Å². The molecule has 9 heteroatoms. The first-order valence-corrected chi connectivity index (χ1v) is 10.5. The minimum atomic E-state index is -1.23. The van der Waals surface area contributed by atoms with Crippen LogP contribution in [0, 0.1) is 0 Å². The number of aromatic nitrogens is 3. The molecule has 170 valence electrons. The van der Waals surface area contributed by atoms with Gasteiger partial charge in [-0.3, -0.25) is 0 Å². The van der Waals surface area contributed by atoms with Gasteiger partial charge in [-0.2, -0.15) is 0 Å². The van der Waals surface area contributed by atoms with E-state index in [9.17, 15) is 15.3 Å². The molecule has 3 heterocycles. The molecule has 1 fully saturated rings. The lowest BCUT2D eigenvalue weighted by molar-refractivity contribution is -0.0508. The number of benzene rings is 2. The average Bonchev–Trinajstić information content (AvgIpc) is 3.38. The smallest absolute Gasteiger partial charge is 0.164 e. The van der Waals surface area contributed by atoms with Crippen LogP contribution < -0.4 is 10.1 Å². The second-order valence-electron chi connectivity index (χ2n) is 7.82. The largest absolute Gasteiger partial charge is 0.497 e. The first-order valence-electron chi connectivity index (χ1n) is 10.5. The Morgan fingerprint density at radius 1 is 1.03 bits per heavy atom. The standard InChI is InChI=1S/C24H24N4O5/c1-32-16-9-7-15(8-10-16)27-22-19-17(14-5-3-2-4-6-14)11-28(23(19)26-13-25-22)24-21(31)20(30)18(12-29)33-24/h2-11,13,18,20-21,24,29-31H,12H2,1H3,(H,25,26,27)/t18-,20+,21+,24-/m1/s1. The van der Waals surface area contributed by atoms with Crippen molar-refractivity contribution in [3.8, 4) is 16.9 Å². The third kappa shape index (κ3) is 3.81. The monoisotopic (exact) mass is 448 g/mol. The minimum absolute atomic E-state index is 0.404. The van der Waals surface area contributed by atoms with E-state index in [1.165, 1.54) is 6.33 Å². The summed E-state index contributed by atoms with van der Waals surface area (Å²) in [5, 5.41) is 34.5. The molecule has 1 saturated heterocycles. The molecule has 0 unspecified atom stereocenters. The molecule has 4 aromatic rings. The highest BCUT2D eigenvalue weighted by molar-refractivity contribution is 6.02.